The Morgan fingerprint density at radius 1 is 1.20 bits per heavy atom. The van der Waals surface area contributed by atoms with Crippen molar-refractivity contribution in [3.8, 4) is 0 Å². The van der Waals surface area contributed by atoms with Crippen molar-refractivity contribution in [2.45, 2.75) is 12.3 Å². The van der Waals surface area contributed by atoms with E-state index in [1.807, 2.05) is 41.3 Å². The van der Waals surface area contributed by atoms with Crippen LogP contribution in [0.25, 0.3) is 0 Å². The quantitative estimate of drug-likeness (QED) is 0.869. The number of nitrogens with zero attached hydrogens (tertiary/aromatic N) is 2. The van der Waals surface area contributed by atoms with Crippen LogP contribution in [0.1, 0.15) is 17.0 Å². The molecular formula is C16H15ClN2O. The Morgan fingerprint density at radius 2 is 1.90 bits per heavy atom. The molecule has 1 aliphatic heterocycles. The SMILES string of the molecule is O=C(Cc1ccccc1Cl)N1CC(c2ccncc2)C1. The molecule has 0 unspecified atom stereocenters. The molecule has 1 amide bonds. The van der Waals surface area contributed by atoms with E-state index < -0.39 is 0 Å². The van der Waals surface area contributed by atoms with E-state index in [1.54, 1.807) is 12.4 Å². The van der Waals surface area contributed by atoms with Crippen LogP contribution in [0, 0.1) is 0 Å². The summed E-state index contributed by atoms with van der Waals surface area (Å²) >= 11 is 6.08. The summed E-state index contributed by atoms with van der Waals surface area (Å²) in [5.41, 5.74) is 2.15. The number of hydrogen-bond acceptors (Lipinski definition) is 2. The first-order valence-corrected chi connectivity index (χ1v) is 7.03. The van der Waals surface area contributed by atoms with E-state index >= 15 is 0 Å². The Labute approximate surface area is 123 Å². The molecule has 1 saturated heterocycles. The van der Waals surface area contributed by atoms with Crippen LogP contribution in [-0.2, 0) is 11.2 Å². The van der Waals surface area contributed by atoms with E-state index in [9.17, 15) is 4.79 Å². The minimum absolute atomic E-state index is 0.142. The lowest BCUT2D eigenvalue weighted by molar-refractivity contribution is -0.134. The molecule has 0 bridgehead atoms. The highest BCUT2D eigenvalue weighted by atomic mass is 35.5. The molecule has 1 fully saturated rings. The van der Waals surface area contributed by atoms with Crippen molar-refractivity contribution in [2.24, 2.45) is 0 Å². The van der Waals surface area contributed by atoms with Crippen molar-refractivity contribution in [3.63, 3.8) is 0 Å². The summed E-state index contributed by atoms with van der Waals surface area (Å²) in [6, 6.07) is 11.5. The number of carbonyl (C=O) groups is 1. The van der Waals surface area contributed by atoms with Crippen molar-refractivity contribution in [1.29, 1.82) is 0 Å². The molecule has 0 saturated carbocycles. The van der Waals surface area contributed by atoms with Gasteiger partial charge in [0.15, 0.2) is 0 Å². The van der Waals surface area contributed by atoms with Gasteiger partial charge in [-0.3, -0.25) is 9.78 Å². The number of likely N-dealkylation sites (tertiary alicyclic amines) is 1. The fourth-order valence-corrected chi connectivity index (χ4v) is 2.65. The Kier molecular flexibility index (Phi) is 3.70. The maximum atomic E-state index is 12.2. The fourth-order valence-electron chi connectivity index (χ4n) is 2.45. The second-order valence-corrected chi connectivity index (χ2v) is 5.45. The smallest absolute Gasteiger partial charge is 0.227 e. The highest BCUT2D eigenvalue weighted by Gasteiger charge is 2.31. The fraction of sp³-hybridized carbons (Fsp3) is 0.250. The Bertz CT molecular complexity index is 609. The zero-order valence-electron chi connectivity index (χ0n) is 11.0. The molecule has 2 aromatic rings. The second-order valence-electron chi connectivity index (χ2n) is 5.04. The van der Waals surface area contributed by atoms with Crippen molar-refractivity contribution >= 4 is 17.5 Å². The maximum absolute atomic E-state index is 12.2. The van der Waals surface area contributed by atoms with Crippen LogP contribution >= 0.6 is 11.6 Å². The summed E-state index contributed by atoms with van der Waals surface area (Å²) in [6.07, 6.45) is 3.97. The summed E-state index contributed by atoms with van der Waals surface area (Å²) in [6.45, 7) is 1.57. The molecular weight excluding hydrogens is 272 g/mol. The summed E-state index contributed by atoms with van der Waals surface area (Å²) in [5.74, 6) is 0.580. The molecule has 1 aliphatic rings. The molecule has 4 heteroatoms. The van der Waals surface area contributed by atoms with Crippen LogP contribution in [0.2, 0.25) is 5.02 Å². The number of amides is 1. The van der Waals surface area contributed by atoms with Crippen molar-refractivity contribution < 1.29 is 4.79 Å². The van der Waals surface area contributed by atoms with Gasteiger partial charge in [-0.25, -0.2) is 0 Å². The molecule has 3 nitrogen and oxygen atoms in total. The van der Waals surface area contributed by atoms with Crippen molar-refractivity contribution in [2.75, 3.05) is 13.1 Å². The second kappa shape index (κ2) is 5.63. The molecule has 20 heavy (non-hydrogen) atoms. The normalized spacial score (nSPS) is 14.9. The zero-order valence-corrected chi connectivity index (χ0v) is 11.8. The maximum Gasteiger partial charge on any atom is 0.227 e. The van der Waals surface area contributed by atoms with Crippen LogP contribution in [-0.4, -0.2) is 28.9 Å². The molecule has 0 atom stereocenters. The van der Waals surface area contributed by atoms with Crippen molar-refractivity contribution in [1.82, 2.24) is 9.88 Å². The molecule has 1 aromatic heterocycles. The topological polar surface area (TPSA) is 33.2 Å². The lowest BCUT2D eigenvalue weighted by Crippen LogP contribution is -2.49. The van der Waals surface area contributed by atoms with Gasteiger partial charge in [0.25, 0.3) is 0 Å². The number of benzene rings is 1. The number of pyridine rings is 1. The monoisotopic (exact) mass is 286 g/mol. The highest BCUT2D eigenvalue weighted by molar-refractivity contribution is 6.31. The molecule has 2 heterocycles. The number of hydrogen-bond donors (Lipinski definition) is 0. The third kappa shape index (κ3) is 2.68. The van der Waals surface area contributed by atoms with Crippen LogP contribution < -0.4 is 0 Å². The number of halogens is 1. The molecule has 1 aromatic carbocycles. The average Bonchev–Trinajstić information content (AvgIpc) is 2.41. The van der Waals surface area contributed by atoms with Gasteiger partial charge in [0.1, 0.15) is 0 Å². The standard InChI is InChI=1S/C16H15ClN2O/c17-15-4-2-1-3-13(15)9-16(20)19-10-14(11-19)12-5-7-18-8-6-12/h1-8,14H,9-11H2. The van der Waals surface area contributed by atoms with Gasteiger partial charge in [0, 0.05) is 36.4 Å². The molecule has 0 radical (unpaired) electrons. The largest absolute Gasteiger partial charge is 0.341 e. The number of rotatable bonds is 3. The van der Waals surface area contributed by atoms with E-state index in [-0.39, 0.29) is 5.91 Å². The summed E-state index contributed by atoms with van der Waals surface area (Å²) in [7, 11) is 0. The van der Waals surface area contributed by atoms with Crippen LogP contribution in [0.4, 0.5) is 0 Å². The first-order chi connectivity index (χ1) is 9.74. The molecule has 0 spiro atoms. The summed E-state index contributed by atoms with van der Waals surface area (Å²) < 4.78 is 0. The van der Waals surface area contributed by atoms with Crippen molar-refractivity contribution in [3.05, 3.63) is 64.9 Å². The minimum atomic E-state index is 0.142. The Balaban J connectivity index is 1.58. The van der Waals surface area contributed by atoms with E-state index in [0.29, 0.717) is 17.4 Å². The lowest BCUT2D eigenvalue weighted by Gasteiger charge is -2.39. The molecule has 0 N–H and O–H groups in total. The zero-order chi connectivity index (χ0) is 13.9. The molecule has 0 aliphatic carbocycles. The van der Waals surface area contributed by atoms with Gasteiger partial charge in [-0.1, -0.05) is 29.8 Å². The van der Waals surface area contributed by atoms with Gasteiger partial charge in [0.05, 0.1) is 6.42 Å². The molecule has 102 valence electrons. The predicted molar refractivity (Wildman–Crippen MR) is 78.7 cm³/mol. The predicted octanol–water partition coefficient (Wildman–Crippen LogP) is 2.90. The Morgan fingerprint density at radius 3 is 2.60 bits per heavy atom. The average molecular weight is 287 g/mol. The van der Waals surface area contributed by atoms with Crippen LogP contribution in [0.5, 0.6) is 0 Å². The number of aromatic nitrogens is 1. The lowest BCUT2D eigenvalue weighted by atomic mass is 9.91. The van der Waals surface area contributed by atoms with Gasteiger partial charge >= 0.3 is 0 Å². The first-order valence-electron chi connectivity index (χ1n) is 6.65. The van der Waals surface area contributed by atoms with E-state index in [4.69, 9.17) is 11.6 Å². The third-order valence-corrected chi connectivity index (χ3v) is 4.08. The van der Waals surface area contributed by atoms with E-state index in [0.717, 1.165) is 18.7 Å². The van der Waals surface area contributed by atoms with Gasteiger partial charge in [-0.05, 0) is 29.3 Å². The third-order valence-electron chi connectivity index (χ3n) is 3.71. The minimum Gasteiger partial charge on any atom is -0.341 e. The van der Waals surface area contributed by atoms with Gasteiger partial charge in [-0.15, -0.1) is 0 Å². The first kappa shape index (κ1) is 13.1. The summed E-state index contributed by atoms with van der Waals surface area (Å²) in [4.78, 5) is 18.1. The van der Waals surface area contributed by atoms with E-state index in [2.05, 4.69) is 4.98 Å². The number of carbonyl (C=O) groups excluding carboxylic acids is 1. The van der Waals surface area contributed by atoms with Gasteiger partial charge < -0.3 is 4.90 Å². The van der Waals surface area contributed by atoms with Gasteiger partial charge in [-0.2, -0.15) is 0 Å². The van der Waals surface area contributed by atoms with E-state index in [1.165, 1.54) is 5.56 Å². The van der Waals surface area contributed by atoms with Gasteiger partial charge in [0.2, 0.25) is 5.91 Å². The summed E-state index contributed by atoms with van der Waals surface area (Å²) in [5, 5.41) is 0.659. The van der Waals surface area contributed by atoms with Crippen LogP contribution in [0.3, 0.4) is 0 Å². The highest BCUT2D eigenvalue weighted by Crippen LogP contribution is 2.27. The Hall–Kier alpha value is -1.87. The van der Waals surface area contributed by atoms with Crippen LogP contribution in [0.15, 0.2) is 48.8 Å². The molecule has 3 rings (SSSR count).